The van der Waals surface area contributed by atoms with Crippen LogP contribution in [-0.4, -0.2) is 29.1 Å². The fraction of sp³-hybridized carbons (Fsp3) is 0.353. The Bertz CT molecular complexity index is 668. The monoisotopic (exact) mass is 311 g/mol. The first-order valence-corrected chi connectivity index (χ1v) is 7.90. The number of carbonyl (C=O) groups is 1. The Morgan fingerprint density at radius 3 is 2.65 bits per heavy atom. The zero-order valence-corrected chi connectivity index (χ0v) is 13.2. The summed E-state index contributed by atoms with van der Waals surface area (Å²) in [6.07, 6.45) is 2.41. The molecular formula is C17H21N5O. The molecule has 6 heteroatoms. The van der Waals surface area contributed by atoms with Crippen molar-refractivity contribution < 1.29 is 4.79 Å². The summed E-state index contributed by atoms with van der Waals surface area (Å²) >= 11 is 0. The number of nitrogens with zero attached hydrogens (tertiary/aromatic N) is 3. The van der Waals surface area contributed by atoms with Gasteiger partial charge in [0, 0.05) is 30.5 Å². The molecule has 1 saturated heterocycles. The van der Waals surface area contributed by atoms with Gasteiger partial charge in [0.05, 0.1) is 6.54 Å². The van der Waals surface area contributed by atoms with E-state index in [4.69, 9.17) is 0 Å². The van der Waals surface area contributed by atoms with E-state index in [2.05, 4.69) is 25.5 Å². The number of amides is 2. The quantitative estimate of drug-likeness (QED) is 0.911. The fourth-order valence-electron chi connectivity index (χ4n) is 2.66. The number of aryl methyl sites for hydroxylation is 1. The van der Waals surface area contributed by atoms with E-state index in [0.717, 1.165) is 30.3 Å². The molecule has 2 amide bonds. The van der Waals surface area contributed by atoms with Crippen LogP contribution in [0.5, 0.6) is 0 Å². The average molecular weight is 311 g/mol. The van der Waals surface area contributed by atoms with Crippen molar-refractivity contribution in [2.75, 3.05) is 23.3 Å². The lowest BCUT2D eigenvalue weighted by Gasteiger charge is -2.17. The summed E-state index contributed by atoms with van der Waals surface area (Å²) in [5, 5.41) is 5.58. The van der Waals surface area contributed by atoms with Gasteiger partial charge in [-0.2, -0.15) is 0 Å². The minimum absolute atomic E-state index is 0.260. The summed E-state index contributed by atoms with van der Waals surface area (Å²) in [5.41, 5.74) is 1.68. The molecular weight excluding hydrogens is 290 g/mol. The van der Waals surface area contributed by atoms with Gasteiger partial charge >= 0.3 is 6.03 Å². The van der Waals surface area contributed by atoms with E-state index in [-0.39, 0.29) is 6.03 Å². The van der Waals surface area contributed by atoms with E-state index in [1.54, 1.807) is 0 Å². The molecule has 0 aliphatic carbocycles. The molecule has 6 nitrogen and oxygen atoms in total. The van der Waals surface area contributed by atoms with Crippen molar-refractivity contribution in [1.29, 1.82) is 0 Å². The van der Waals surface area contributed by atoms with Crippen molar-refractivity contribution in [3.05, 3.63) is 47.9 Å². The van der Waals surface area contributed by atoms with E-state index < -0.39 is 0 Å². The Morgan fingerprint density at radius 1 is 1.17 bits per heavy atom. The second-order valence-corrected chi connectivity index (χ2v) is 5.65. The normalized spacial score (nSPS) is 13.9. The first-order valence-electron chi connectivity index (χ1n) is 7.90. The molecule has 0 spiro atoms. The third-order valence-electron chi connectivity index (χ3n) is 3.76. The molecule has 1 aliphatic rings. The van der Waals surface area contributed by atoms with Crippen LogP contribution in [0.1, 0.15) is 24.4 Å². The van der Waals surface area contributed by atoms with E-state index >= 15 is 0 Å². The molecule has 1 aromatic carbocycles. The van der Waals surface area contributed by atoms with Crippen LogP contribution in [0.25, 0.3) is 0 Å². The van der Waals surface area contributed by atoms with E-state index in [9.17, 15) is 4.79 Å². The smallest absolute Gasteiger partial charge is 0.319 e. The van der Waals surface area contributed by atoms with Crippen LogP contribution in [0.4, 0.5) is 16.3 Å². The van der Waals surface area contributed by atoms with Gasteiger partial charge < -0.3 is 15.5 Å². The molecule has 3 rings (SSSR count). The lowest BCUT2D eigenvalue weighted by atomic mass is 10.3. The SMILES string of the molecule is Cc1cc(N2CCCC2)nc(CNC(=O)Nc2ccccc2)n1. The molecule has 1 aliphatic heterocycles. The van der Waals surface area contributed by atoms with Gasteiger partial charge in [-0.15, -0.1) is 0 Å². The molecule has 1 aromatic heterocycles. The number of anilines is 2. The van der Waals surface area contributed by atoms with E-state index in [1.165, 1.54) is 12.8 Å². The predicted molar refractivity (Wildman–Crippen MR) is 90.5 cm³/mol. The number of para-hydroxylation sites is 1. The highest BCUT2D eigenvalue weighted by atomic mass is 16.2. The molecule has 2 aromatic rings. The molecule has 2 heterocycles. The van der Waals surface area contributed by atoms with Gasteiger partial charge in [-0.05, 0) is 31.9 Å². The zero-order chi connectivity index (χ0) is 16.1. The highest BCUT2D eigenvalue weighted by molar-refractivity contribution is 5.89. The fourth-order valence-corrected chi connectivity index (χ4v) is 2.66. The summed E-state index contributed by atoms with van der Waals surface area (Å²) in [7, 11) is 0. The minimum Gasteiger partial charge on any atom is -0.357 e. The highest BCUT2D eigenvalue weighted by Gasteiger charge is 2.15. The van der Waals surface area contributed by atoms with Crippen LogP contribution < -0.4 is 15.5 Å². The number of hydrogen-bond donors (Lipinski definition) is 2. The van der Waals surface area contributed by atoms with Crippen molar-refractivity contribution in [2.24, 2.45) is 0 Å². The van der Waals surface area contributed by atoms with Crippen molar-refractivity contribution in [3.8, 4) is 0 Å². The molecule has 0 bridgehead atoms. The Morgan fingerprint density at radius 2 is 1.91 bits per heavy atom. The maximum Gasteiger partial charge on any atom is 0.319 e. The number of nitrogens with one attached hydrogen (secondary N) is 2. The van der Waals surface area contributed by atoms with Crippen LogP contribution in [0.15, 0.2) is 36.4 Å². The Balaban J connectivity index is 1.60. The molecule has 23 heavy (non-hydrogen) atoms. The van der Waals surface area contributed by atoms with Crippen LogP contribution in [0, 0.1) is 6.92 Å². The number of carbonyl (C=O) groups excluding carboxylic acids is 1. The Hall–Kier alpha value is -2.63. The number of benzene rings is 1. The summed E-state index contributed by atoms with van der Waals surface area (Å²) in [6, 6.07) is 11.1. The number of hydrogen-bond acceptors (Lipinski definition) is 4. The summed E-state index contributed by atoms with van der Waals surface area (Å²) in [5.74, 6) is 1.59. The lowest BCUT2D eigenvalue weighted by Crippen LogP contribution is -2.29. The first-order chi connectivity index (χ1) is 11.2. The lowest BCUT2D eigenvalue weighted by molar-refractivity contribution is 0.251. The van der Waals surface area contributed by atoms with Gasteiger partial charge in [-0.3, -0.25) is 0 Å². The predicted octanol–water partition coefficient (Wildman–Crippen LogP) is 2.71. The molecule has 0 unspecified atom stereocenters. The average Bonchev–Trinajstić information content (AvgIpc) is 3.08. The number of urea groups is 1. The van der Waals surface area contributed by atoms with Crippen molar-refractivity contribution in [1.82, 2.24) is 15.3 Å². The molecule has 0 saturated carbocycles. The minimum atomic E-state index is -0.260. The number of aromatic nitrogens is 2. The van der Waals surface area contributed by atoms with Crippen molar-refractivity contribution in [2.45, 2.75) is 26.3 Å². The second kappa shape index (κ2) is 7.09. The van der Waals surface area contributed by atoms with Gasteiger partial charge in [0.2, 0.25) is 0 Å². The topological polar surface area (TPSA) is 70.2 Å². The zero-order valence-electron chi connectivity index (χ0n) is 13.2. The maximum atomic E-state index is 11.9. The van der Waals surface area contributed by atoms with Crippen LogP contribution in [0.2, 0.25) is 0 Å². The standard InChI is InChI=1S/C17H21N5O/c1-13-11-16(22-9-5-6-10-22)21-15(19-13)12-18-17(23)20-14-7-3-2-4-8-14/h2-4,7-8,11H,5-6,9-10,12H2,1H3,(H2,18,20,23). The first kappa shape index (κ1) is 15.3. The van der Waals surface area contributed by atoms with Crippen LogP contribution in [0.3, 0.4) is 0 Å². The van der Waals surface area contributed by atoms with Crippen molar-refractivity contribution >= 4 is 17.5 Å². The molecule has 0 radical (unpaired) electrons. The third kappa shape index (κ3) is 4.18. The second-order valence-electron chi connectivity index (χ2n) is 5.65. The van der Waals surface area contributed by atoms with Gasteiger partial charge in [0.15, 0.2) is 0 Å². The van der Waals surface area contributed by atoms with Gasteiger partial charge in [0.1, 0.15) is 11.6 Å². The maximum absolute atomic E-state index is 11.9. The molecule has 120 valence electrons. The Kier molecular flexibility index (Phi) is 4.71. The van der Waals surface area contributed by atoms with Gasteiger partial charge in [-0.25, -0.2) is 14.8 Å². The van der Waals surface area contributed by atoms with Crippen LogP contribution in [-0.2, 0) is 6.54 Å². The van der Waals surface area contributed by atoms with Gasteiger partial charge in [-0.1, -0.05) is 18.2 Å². The summed E-state index contributed by atoms with van der Waals surface area (Å²) in [4.78, 5) is 23.2. The number of rotatable bonds is 4. The molecule has 1 fully saturated rings. The molecule has 0 atom stereocenters. The van der Waals surface area contributed by atoms with E-state index in [1.807, 2.05) is 43.3 Å². The van der Waals surface area contributed by atoms with E-state index in [0.29, 0.717) is 12.4 Å². The Labute approximate surface area is 135 Å². The highest BCUT2D eigenvalue weighted by Crippen LogP contribution is 2.18. The van der Waals surface area contributed by atoms with Crippen LogP contribution >= 0.6 is 0 Å². The third-order valence-corrected chi connectivity index (χ3v) is 3.76. The largest absolute Gasteiger partial charge is 0.357 e. The molecule has 2 N–H and O–H groups in total. The van der Waals surface area contributed by atoms with Crippen molar-refractivity contribution in [3.63, 3.8) is 0 Å². The summed E-state index contributed by atoms with van der Waals surface area (Å²) < 4.78 is 0. The summed E-state index contributed by atoms with van der Waals surface area (Å²) in [6.45, 7) is 4.34. The van der Waals surface area contributed by atoms with Gasteiger partial charge in [0.25, 0.3) is 0 Å².